The summed E-state index contributed by atoms with van der Waals surface area (Å²) < 4.78 is 25.9. The highest BCUT2D eigenvalue weighted by Gasteiger charge is 2.21. The van der Waals surface area contributed by atoms with Crippen molar-refractivity contribution >= 4 is 43.0 Å². The quantitative estimate of drug-likeness (QED) is 0.518. The Bertz CT molecular complexity index is 1190. The highest BCUT2D eigenvalue weighted by Crippen LogP contribution is 2.30. The van der Waals surface area contributed by atoms with Crippen molar-refractivity contribution in [2.45, 2.75) is 18.7 Å². The van der Waals surface area contributed by atoms with Crippen LogP contribution in [0.5, 0.6) is 0 Å². The average Bonchev–Trinajstić information content (AvgIpc) is 3.13. The molecule has 1 N–H and O–H groups in total. The van der Waals surface area contributed by atoms with E-state index in [0.29, 0.717) is 17.8 Å². The number of para-hydroxylation sites is 2. The standard InChI is InChI=1S/C24H23BrN2O3S/c25-21-11-9-18(10-12-21)16-31(29,30)17-24(28)26-22-7-3-1-6-20(22)15-27-14-13-19-5-2-4-8-23(19)27/h1-12H,13-17H2,(H,26,28). The molecule has 5 nitrogen and oxygen atoms in total. The van der Waals surface area contributed by atoms with E-state index in [9.17, 15) is 13.2 Å². The Morgan fingerprint density at radius 1 is 0.968 bits per heavy atom. The number of anilines is 2. The zero-order chi connectivity index (χ0) is 21.8. The number of halogens is 1. The van der Waals surface area contributed by atoms with Crippen molar-refractivity contribution in [3.05, 3.63) is 94.0 Å². The van der Waals surface area contributed by atoms with Crippen LogP contribution >= 0.6 is 15.9 Å². The molecule has 0 aliphatic carbocycles. The molecule has 3 aromatic carbocycles. The SMILES string of the molecule is O=C(CS(=O)(=O)Cc1ccc(Br)cc1)Nc1ccccc1CN1CCc2ccccc21. The van der Waals surface area contributed by atoms with E-state index in [2.05, 4.69) is 38.3 Å². The van der Waals surface area contributed by atoms with Crippen LogP contribution in [0.25, 0.3) is 0 Å². The molecule has 0 atom stereocenters. The molecule has 1 heterocycles. The Balaban J connectivity index is 1.42. The molecule has 0 fully saturated rings. The summed E-state index contributed by atoms with van der Waals surface area (Å²) in [4.78, 5) is 14.8. The number of sulfone groups is 1. The Hall–Kier alpha value is -2.64. The molecule has 7 heteroatoms. The van der Waals surface area contributed by atoms with Crippen LogP contribution in [0.2, 0.25) is 0 Å². The van der Waals surface area contributed by atoms with Crippen molar-refractivity contribution in [1.82, 2.24) is 0 Å². The predicted molar refractivity (Wildman–Crippen MR) is 128 cm³/mol. The van der Waals surface area contributed by atoms with Crippen LogP contribution in [0.15, 0.2) is 77.3 Å². The zero-order valence-corrected chi connectivity index (χ0v) is 19.3. The Morgan fingerprint density at radius 2 is 1.68 bits per heavy atom. The highest BCUT2D eigenvalue weighted by atomic mass is 79.9. The maximum absolute atomic E-state index is 12.5. The summed E-state index contributed by atoms with van der Waals surface area (Å²) in [5.41, 5.74) is 4.79. The summed E-state index contributed by atoms with van der Waals surface area (Å²) >= 11 is 3.33. The van der Waals surface area contributed by atoms with E-state index >= 15 is 0 Å². The molecule has 0 bridgehead atoms. The fourth-order valence-corrected chi connectivity index (χ4v) is 5.37. The lowest BCUT2D eigenvalue weighted by atomic mass is 10.1. The van der Waals surface area contributed by atoms with E-state index in [4.69, 9.17) is 0 Å². The first-order chi connectivity index (χ1) is 14.9. The minimum absolute atomic E-state index is 0.167. The van der Waals surface area contributed by atoms with E-state index < -0.39 is 21.5 Å². The maximum Gasteiger partial charge on any atom is 0.239 e. The number of amides is 1. The number of rotatable bonds is 7. The molecule has 0 radical (unpaired) electrons. The normalized spacial score (nSPS) is 13.1. The number of fused-ring (bicyclic) bond motifs is 1. The van der Waals surface area contributed by atoms with Crippen LogP contribution in [0.4, 0.5) is 11.4 Å². The topological polar surface area (TPSA) is 66.5 Å². The van der Waals surface area contributed by atoms with Gasteiger partial charge in [-0.05, 0) is 47.4 Å². The molecule has 31 heavy (non-hydrogen) atoms. The van der Waals surface area contributed by atoms with Crippen molar-refractivity contribution < 1.29 is 13.2 Å². The van der Waals surface area contributed by atoms with Gasteiger partial charge >= 0.3 is 0 Å². The third kappa shape index (κ3) is 5.54. The predicted octanol–water partition coefficient (Wildman–Crippen LogP) is 4.57. The number of carbonyl (C=O) groups is 1. The Labute approximate surface area is 191 Å². The summed E-state index contributed by atoms with van der Waals surface area (Å²) in [6.07, 6.45) is 0.999. The second-order valence-corrected chi connectivity index (χ2v) is 10.6. The van der Waals surface area contributed by atoms with E-state index in [1.54, 1.807) is 24.3 Å². The monoisotopic (exact) mass is 498 g/mol. The first-order valence-corrected chi connectivity index (χ1v) is 12.7. The van der Waals surface area contributed by atoms with Gasteiger partial charge in [-0.15, -0.1) is 0 Å². The molecule has 0 saturated heterocycles. The smallest absolute Gasteiger partial charge is 0.239 e. The molecular weight excluding hydrogens is 476 g/mol. The number of nitrogens with zero attached hydrogens (tertiary/aromatic N) is 1. The molecule has 4 rings (SSSR count). The largest absolute Gasteiger partial charge is 0.367 e. The van der Waals surface area contributed by atoms with E-state index in [0.717, 1.165) is 23.0 Å². The third-order valence-corrected chi connectivity index (χ3v) is 7.29. The van der Waals surface area contributed by atoms with Gasteiger partial charge in [0.2, 0.25) is 5.91 Å². The molecule has 1 amide bonds. The number of hydrogen-bond donors (Lipinski definition) is 1. The number of carbonyl (C=O) groups excluding carboxylic acids is 1. The van der Waals surface area contributed by atoms with Crippen molar-refractivity contribution in [3.8, 4) is 0 Å². The van der Waals surface area contributed by atoms with Gasteiger partial charge in [0.25, 0.3) is 0 Å². The molecule has 1 aliphatic rings. The minimum atomic E-state index is -3.58. The van der Waals surface area contributed by atoms with Crippen molar-refractivity contribution in [3.63, 3.8) is 0 Å². The molecule has 0 aromatic heterocycles. The Morgan fingerprint density at radius 3 is 2.48 bits per heavy atom. The fraction of sp³-hybridized carbons (Fsp3) is 0.208. The van der Waals surface area contributed by atoms with Gasteiger partial charge in [-0.1, -0.05) is 64.5 Å². The van der Waals surface area contributed by atoms with Crippen LogP contribution in [0.3, 0.4) is 0 Å². The van der Waals surface area contributed by atoms with Gasteiger partial charge in [-0.25, -0.2) is 8.42 Å². The van der Waals surface area contributed by atoms with Gasteiger partial charge in [0, 0.05) is 28.9 Å². The number of benzene rings is 3. The highest BCUT2D eigenvalue weighted by molar-refractivity contribution is 9.10. The fourth-order valence-electron chi connectivity index (χ4n) is 3.83. The zero-order valence-electron chi connectivity index (χ0n) is 16.9. The number of nitrogens with one attached hydrogen (secondary N) is 1. The summed E-state index contributed by atoms with van der Waals surface area (Å²) in [6.45, 7) is 1.57. The lowest BCUT2D eigenvalue weighted by Crippen LogP contribution is -2.25. The van der Waals surface area contributed by atoms with E-state index in [1.165, 1.54) is 11.3 Å². The van der Waals surface area contributed by atoms with Gasteiger partial charge in [0.15, 0.2) is 9.84 Å². The first kappa shape index (κ1) is 21.6. The molecule has 0 spiro atoms. The molecule has 3 aromatic rings. The van der Waals surface area contributed by atoms with E-state index in [1.807, 2.05) is 36.4 Å². The molecule has 1 aliphatic heterocycles. The van der Waals surface area contributed by atoms with Crippen LogP contribution in [0.1, 0.15) is 16.7 Å². The average molecular weight is 499 g/mol. The molecule has 0 unspecified atom stereocenters. The summed E-state index contributed by atoms with van der Waals surface area (Å²) in [6, 6.07) is 22.9. The second-order valence-electron chi connectivity index (χ2n) is 7.66. The maximum atomic E-state index is 12.5. The minimum Gasteiger partial charge on any atom is -0.367 e. The van der Waals surface area contributed by atoms with Crippen LogP contribution in [-0.2, 0) is 33.4 Å². The van der Waals surface area contributed by atoms with Gasteiger partial charge in [0.05, 0.1) is 5.75 Å². The van der Waals surface area contributed by atoms with Gasteiger partial charge < -0.3 is 10.2 Å². The third-order valence-electron chi connectivity index (χ3n) is 5.29. The van der Waals surface area contributed by atoms with Crippen molar-refractivity contribution in [2.75, 3.05) is 22.5 Å². The van der Waals surface area contributed by atoms with Crippen LogP contribution in [-0.4, -0.2) is 26.6 Å². The summed E-state index contributed by atoms with van der Waals surface area (Å²) in [5, 5.41) is 2.81. The number of hydrogen-bond acceptors (Lipinski definition) is 4. The van der Waals surface area contributed by atoms with Crippen LogP contribution < -0.4 is 10.2 Å². The van der Waals surface area contributed by atoms with Gasteiger partial charge in [0.1, 0.15) is 5.75 Å². The second kappa shape index (κ2) is 9.24. The molecule has 0 saturated carbocycles. The Kier molecular flexibility index (Phi) is 6.43. The summed E-state index contributed by atoms with van der Waals surface area (Å²) in [7, 11) is -3.58. The molecular formula is C24H23BrN2O3S. The lowest BCUT2D eigenvalue weighted by Gasteiger charge is -2.21. The van der Waals surface area contributed by atoms with Crippen LogP contribution in [0, 0.1) is 0 Å². The van der Waals surface area contributed by atoms with Crippen molar-refractivity contribution in [2.24, 2.45) is 0 Å². The van der Waals surface area contributed by atoms with Gasteiger partial charge in [-0.2, -0.15) is 0 Å². The first-order valence-electron chi connectivity index (χ1n) is 10.1. The van der Waals surface area contributed by atoms with E-state index in [-0.39, 0.29) is 5.75 Å². The molecule has 160 valence electrons. The van der Waals surface area contributed by atoms with Gasteiger partial charge in [-0.3, -0.25) is 4.79 Å². The van der Waals surface area contributed by atoms with Crippen molar-refractivity contribution in [1.29, 1.82) is 0 Å². The summed E-state index contributed by atoms with van der Waals surface area (Å²) in [5.74, 6) is -1.24. The lowest BCUT2D eigenvalue weighted by molar-refractivity contribution is -0.113.